The SMILES string of the molecule is COc1ccc(CN2CCCC(C(C)N)C2)cc1Cl.Cl. The number of likely N-dealkylation sites (tertiary alicyclic amines) is 1. The number of hydrogen-bond donors (Lipinski definition) is 1. The van der Waals surface area contributed by atoms with Gasteiger partial charge in [0.05, 0.1) is 12.1 Å². The fraction of sp³-hybridized carbons (Fsp3) is 0.600. The predicted octanol–water partition coefficient (Wildman–Crippen LogP) is 3.33. The van der Waals surface area contributed by atoms with E-state index in [0.29, 0.717) is 10.9 Å². The molecule has 1 saturated heterocycles. The topological polar surface area (TPSA) is 38.5 Å². The summed E-state index contributed by atoms with van der Waals surface area (Å²) in [4.78, 5) is 2.47. The standard InChI is InChI=1S/C15H23ClN2O.ClH/c1-11(17)13-4-3-7-18(10-13)9-12-5-6-15(19-2)14(16)8-12;/h5-6,8,11,13H,3-4,7,9-10,17H2,1-2H3;1H. The molecule has 1 heterocycles. The first-order valence-electron chi connectivity index (χ1n) is 6.90. The van der Waals surface area contributed by atoms with E-state index in [9.17, 15) is 0 Å². The largest absolute Gasteiger partial charge is 0.495 e. The Morgan fingerprint density at radius 1 is 1.50 bits per heavy atom. The van der Waals surface area contributed by atoms with Gasteiger partial charge in [-0.2, -0.15) is 0 Å². The molecule has 0 bridgehead atoms. The molecule has 2 rings (SSSR count). The van der Waals surface area contributed by atoms with E-state index in [4.69, 9.17) is 22.1 Å². The van der Waals surface area contributed by atoms with Crippen LogP contribution in [-0.4, -0.2) is 31.1 Å². The first-order valence-corrected chi connectivity index (χ1v) is 7.28. The summed E-state index contributed by atoms with van der Waals surface area (Å²) in [6.45, 7) is 5.28. The monoisotopic (exact) mass is 318 g/mol. The number of piperidine rings is 1. The van der Waals surface area contributed by atoms with Crippen LogP contribution in [0.3, 0.4) is 0 Å². The maximum absolute atomic E-state index is 6.16. The summed E-state index contributed by atoms with van der Waals surface area (Å²) in [5, 5.41) is 0.681. The molecule has 20 heavy (non-hydrogen) atoms. The van der Waals surface area contributed by atoms with Crippen molar-refractivity contribution in [3.05, 3.63) is 28.8 Å². The summed E-state index contributed by atoms with van der Waals surface area (Å²) in [5.41, 5.74) is 7.25. The van der Waals surface area contributed by atoms with Crippen LogP contribution in [0.2, 0.25) is 5.02 Å². The van der Waals surface area contributed by atoms with Crippen molar-refractivity contribution in [3.8, 4) is 5.75 Å². The molecule has 2 atom stereocenters. The Morgan fingerprint density at radius 3 is 2.85 bits per heavy atom. The van der Waals surface area contributed by atoms with Crippen LogP contribution in [0.5, 0.6) is 5.75 Å². The maximum atomic E-state index is 6.16. The first kappa shape index (κ1) is 17.6. The molecular weight excluding hydrogens is 295 g/mol. The van der Waals surface area contributed by atoms with Crippen molar-refractivity contribution in [2.75, 3.05) is 20.2 Å². The molecule has 1 aliphatic heterocycles. The van der Waals surface area contributed by atoms with Crippen molar-refractivity contribution in [2.45, 2.75) is 32.4 Å². The van der Waals surface area contributed by atoms with Gasteiger partial charge in [0, 0.05) is 19.1 Å². The van der Waals surface area contributed by atoms with Crippen LogP contribution >= 0.6 is 24.0 Å². The molecule has 0 spiro atoms. The number of nitrogens with zero attached hydrogens (tertiary/aromatic N) is 1. The molecule has 0 aromatic heterocycles. The van der Waals surface area contributed by atoms with Gasteiger partial charge < -0.3 is 10.5 Å². The minimum absolute atomic E-state index is 0. The van der Waals surface area contributed by atoms with Crippen molar-refractivity contribution >= 4 is 24.0 Å². The number of nitrogens with two attached hydrogens (primary N) is 1. The number of ether oxygens (including phenoxy) is 1. The van der Waals surface area contributed by atoms with E-state index in [0.717, 1.165) is 25.4 Å². The summed E-state index contributed by atoms with van der Waals surface area (Å²) in [7, 11) is 1.64. The predicted molar refractivity (Wildman–Crippen MR) is 86.9 cm³/mol. The van der Waals surface area contributed by atoms with E-state index >= 15 is 0 Å². The number of benzene rings is 1. The molecule has 2 N–H and O–H groups in total. The molecule has 0 amide bonds. The third kappa shape index (κ3) is 4.52. The smallest absolute Gasteiger partial charge is 0.137 e. The number of hydrogen-bond acceptors (Lipinski definition) is 3. The summed E-state index contributed by atoms with van der Waals surface area (Å²) >= 11 is 6.16. The second kappa shape index (κ2) is 8.08. The van der Waals surface area contributed by atoms with Crippen LogP contribution in [0.15, 0.2) is 18.2 Å². The van der Waals surface area contributed by atoms with Crippen LogP contribution < -0.4 is 10.5 Å². The third-order valence-corrected chi connectivity index (χ3v) is 4.20. The highest BCUT2D eigenvalue weighted by atomic mass is 35.5. The Bertz CT molecular complexity index is 426. The Hall–Kier alpha value is -0.480. The zero-order valence-electron chi connectivity index (χ0n) is 12.1. The maximum Gasteiger partial charge on any atom is 0.137 e. The van der Waals surface area contributed by atoms with Crippen molar-refractivity contribution in [1.82, 2.24) is 4.90 Å². The van der Waals surface area contributed by atoms with Gasteiger partial charge in [0.15, 0.2) is 0 Å². The second-order valence-electron chi connectivity index (χ2n) is 5.47. The first-order chi connectivity index (χ1) is 9.10. The fourth-order valence-corrected chi connectivity index (χ4v) is 3.01. The number of rotatable bonds is 4. The van der Waals surface area contributed by atoms with Crippen molar-refractivity contribution in [2.24, 2.45) is 11.7 Å². The van der Waals surface area contributed by atoms with Gasteiger partial charge in [-0.3, -0.25) is 4.90 Å². The lowest BCUT2D eigenvalue weighted by Crippen LogP contribution is -2.41. The Morgan fingerprint density at radius 2 is 2.25 bits per heavy atom. The van der Waals surface area contributed by atoms with Gasteiger partial charge in [0.1, 0.15) is 5.75 Å². The van der Waals surface area contributed by atoms with Gasteiger partial charge in [0.2, 0.25) is 0 Å². The van der Waals surface area contributed by atoms with Crippen LogP contribution in [0.1, 0.15) is 25.3 Å². The van der Waals surface area contributed by atoms with E-state index in [2.05, 4.69) is 17.9 Å². The molecule has 2 unspecified atom stereocenters. The van der Waals surface area contributed by atoms with E-state index in [-0.39, 0.29) is 18.4 Å². The summed E-state index contributed by atoms with van der Waals surface area (Å²) < 4.78 is 5.18. The van der Waals surface area contributed by atoms with Gasteiger partial charge in [-0.05, 0) is 49.9 Å². The second-order valence-corrected chi connectivity index (χ2v) is 5.87. The van der Waals surface area contributed by atoms with Crippen LogP contribution in [0.4, 0.5) is 0 Å². The molecule has 114 valence electrons. The van der Waals surface area contributed by atoms with Crippen molar-refractivity contribution in [3.63, 3.8) is 0 Å². The molecule has 1 aromatic carbocycles. The van der Waals surface area contributed by atoms with Gasteiger partial charge in [0.25, 0.3) is 0 Å². The van der Waals surface area contributed by atoms with Crippen molar-refractivity contribution in [1.29, 1.82) is 0 Å². The Labute approximate surface area is 132 Å². The minimum Gasteiger partial charge on any atom is -0.495 e. The zero-order valence-corrected chi connectivity index (χ0v) is 13.7. The minimum atomic E-state index is 0. The zero-order chi connectivity index (χ0) is 13.8. The van der Waals surface area contributed by atoms with E-state index in [1.54, 1.807) is 7.11 Å². The summed E-state index contributed by atoms with van der Waals surface area (Å²) in [6.07, 6.45) is 2.48. The van der Waals surface area contributed by atoms with Crippen LogP contribution in [-0.2, 0) is 6.54 Å². The highest BCUT2D eigenvalue weighted by Crippen LogP contribution is 2.26. The van der Waals surface area contributed by atoms with Crippen molar-refractivity contribution < 1.29 is 4.74 Å². The highest BCUT2D eigenvalue weighted by Gasteiger charge is 2.22. The molecule has 5 heteroatoms. The van der Waals surface area contributed by atoms with E-state index < -0.39 is 0 Å². The lowest BCUT2D eigenvalue weighted by molar-refractivity contribution is 0.154. The molecule has 0 aliphatic carbocycles. The molecule has 0 saturated carbocycles. The molecule has 0 radical (unpaired) electrons. The van der Waals surface area contributed by atoms with Gasteiger partial charge in [-0.15, -0.1) is 12.4 Å². The molecule has 1 aliphatic rings. The van der Waals surface area contributed by atoms with Crippen LogP contribution in [0.25, 0.3) is 0 Å². The van der Waals surface area contributed by atoms with Gasteiger partial charge in [-0.1, -0.05) is 17.7 Å². The average Bonchev–Trinajstić information content (AvgIpc) is 2.39. The lowest BCUT2D eigenvalue weighted by Gasteiger charge is -2.34. The lowest BCUT2D eigenvalue weighted by atomic mass is 9.92. The quantitative estimate of drug-likeness (QED) is 0.925. The van der Waals surface area contributed by atoms with Gasteiger partial charge >= 0.3 is 0 Å². The van der Waals surface area contributed by atoms with E-state index in [1.165, 1.54) is 18.4 Å². The van der Waals surface area contributed by atoms with E-state index in [1.807, 2.05) is 12.1 Å². The molecule has 1 aromatic rings. The van der Waals surface area contributed by atoms with Gasteiger partial charge in [-0.25, -0.2) is 0 Å². The summed E-state index contributed by atoms with van der Waals surface area (Å²) in [6, 6.07) is 6.29. The fourth-order valence-electron chi connectivity index (χ4n) is 2.73. The highest BCUT2D eigenvalue weighted by molar-refractivity contribution is 6.32. The normalized spacial score (nSPS) is 21.1. The number of halogens is 2. The molecular formula is C15H24Cl2N2O. The van der Waals surface area contributed by atoms with Crippen LogP contribution in [0, 0.1) is 5.92 Å². The average molecular weight is 319 g/mol. The molecule has 1 fully saturated rings. The molecule has 3 nitrogen and oxygen atoms in total. The number of methoxy groups -OCH3 is 1. The Kier molecular flexibility index (Phi) is 7.10. The summed E-state index contributed by atoms with van der Waals surface area (Å²) in [5.74, 6) is 1.35. The Balaban J connectivity index is 0.00000200. The third-order valence-electron chi connectivity index (χ3n) is 3.91.